The summed E-state index contributed by atoms with van der Waals surface area (Å²) in [6.45, 7) is 1.08. The highest BCUT2D eigenvalue weighted by Crippen LogP contribution is 2.31. The molecule has 4 nitrogen and oxygen atoms in total. The van der Waals surface area contributed by atoms with Gasteiger partial charge in [0.15, 0.2) is 5.69 Å². The number of carboxylic acid groups (broad SMARTS) is 1. The highest BCUT2D eigenvalue weighted by atomic mass is 19.4. The molecule has 0 saturated heterocycles. The Bertz CT molecular complexity index is 356. The van der Waals surface area contributed by atoms with Crippen molar-refractivity contribution in [3.05, 3.63) is 17.3 Å². The maximum Gasteiger partial charge on any atom is 0.436 e. The second-order valence-corrected chi connectivity index (χ2v) is 2.58. The van der Waals surface area contributed by atoms with Gasteiger partial charge in [-0.25, -0.2) is 4.98 Å². The Morgan fingerprint density at radius 1 is 1.57 bits per heavy atom. The van der Waals surface area contributed by atoms with Gasteiger partial charge in [-0.3, -0.25) is 4.79 Å². The van der Waals surface area contributed by atoms with Crippen LogP contribution in [-0.2, 0) is 17.4 Å². The van der Waals surface area contributed by atoms with E-state index in [1.807, 2.05) is 0 Å². The molecule has 0 amide bonds. The van der Waals surface area contributed by atoms with Gasteiger partial charge in [-0.15, -0.1) is 0 Å². The summed E-state index contributed by atoms with van der Waals surface area (Å²) in [5.41, 5.74) is -1.17. The van der Waals surface area contributed by atoms with E-state index < -0.39 is 35.9 Å². The van der Waals surface area contributed by atoms with Crippen molar-refractivity contribution in [2.24, 2.45) is 0 Å². The molecular formula is C7H6F3NO3. The molecule has 1 aromatic rings. The maximum absolute atomic E-state index is 12.1. The normalized spacial score (nSPS) is 11.7. The van der Waals surface area contributed by atoms with Crippen molar-refractivity contribution in [2.75, 3.05) is 0 Å². The second-order valence-electron chi connectivity index (χ2n) is 2.58. The molecule has 0 unspecified atom stereocenters. The second kappa shape index (κ2) is 3.32. The van der Waals surface area contributed by atoms with Crippen LogP contribution in [0.1, 0.15) is 17.3 Å². The van der Waals surface area contributed by atoms with Crippen LogP contribution in [0.2, 0.25) is 0 Å². The maximum atomic E-state index is 12.1. The molecular weight excluding hydrogens is 203 g/mol. The number of aryl methyl sites for hydroxylation is 1. The van der Waals surface area contributed by atoms with Gasteiger partial charge < -0.3 is 9.52 Å². The number of hydrogen-bond donors (Lipinski definition) is 1. The van der Waals surface area contributed by atoms with Crippen molar-refractivity contribution >= 4 is 5.97 Å². The summed E-state index contributed by atoms with van der Waals surface area (Å²) in [4.78, 5) is 13.2. The van der Waals surface area contributed by atoms with Crippen molar-refractivity contribution in [3.8, 4) is 0 Å². The Kier molecular flexibility index (Phi) is 2.50. The lowest BCUT2D eigenvalue weighted by Crippen LogP contribution is -2.08. The first-order valence-corrected chi connectivity index (χ1v) is 3.56. The topological polar surface area (TPSA) is 63.3 Å². The van der Waals surface area contributed by atoms with Crippen LogP contribution in [0.4, 0.5) is 13.2 Å². The smallest absolute Gasteiger partial charge is 0.436 e. The first-order valence-electron chi connectivity index (χ1n) is 3.56. The van der Waals surface area contributed by atoms with Crippen LogP contribution in [0.25, 0.3) is 0 Å². The van der Waals surface area contributed by atoms with Gasteiger partial charge in [-0.2, -0.15) is 13.2 Å². The van der Waals surface area contributed by atoms with Crippen LogP contribution < -0.4 is 0 Å². The summed E-state index contributed by atoms with van der Waals surface area (Å²) in [7, 11) is 0. The number of alkyl halides is 3. The molecule has 1 N–H and O–H groups in total. The Morgan fingerprint density at radius 3 is 2.50 bits per heavy atom. The van der Waals surface area contributed by atoms with E-state index in [-0.39, 0.29) is 0 Å². The molecule has 1 rings (SSSR count). The van der Waals surface area contributed by atoms with E-state index >= 15 is 0 Å². The highest BCUT2D eigenvalue weighted by molar-refractivity contribution is 5.68. The third-order valence-corrected chi connectivity index (χ3v) is 1.41. The van der Waals surface area contributed by atoms with E-state index in [1.165, 1.54) is 0 Å². The van der Waals surface area contributed by atoms with Crippen molar-refractivity contribution in [2.45, 2.75) is 19.5 Å². The number of aliphatic carboxylic acids is 1. The van der Waals surface area contributed by atoms with Crippen molar-refractivity contribution in [3.63, 3.8) is 0 Å². The molecule has 0 fully saturated rings. The summed E-state index contributed by atoms with van der Waals surface area (Å²) in [5, 5.41) is 8.29. The molecule has 78 valence electrons. The molecule has 1 heterocycles. The number of carboxylic acids is 1. The van der Waals surface area contributed by atoms with Crippen LogP contribution in [0.15, 0.2) is 4.42 Å². The summed E-state index contributed by atoms with van der Waals surface area (Å²) < 4.78 is 40.9. The number of halogens is 3. The quantitative estimate of drug-likeness (QED) is 0.803. The number of rotatable bonds is 2. The first kappa shape index (κ1) is 10.6. The number of aromatic nitrogens is 1. The van der Waals surface area contributed by atoms with Crippen LogP contribution in [0.3, 0.4) is 0 Å². The van der Waals surface area contributed by atoms with Crippen molar-refractivity contribution < 1.29 is 27.5 Å². The SMILES string of the molecule is Cc1oc(CC(=O)O)nc1C(F)(F)F. The third kappa shape index (κ3) is 2.24. The Morgan fingerprint density at radius 2 is 2.14 bits per heavy atom. The summed E-state index contributed by atoms with van der Waals surface area (Å²) >= 11 is 0. The van der Waals surface area contributed by atoms with Gasteiger partial charge in [0.25, 0.3) is 0 Å². The minimum Gasteiger partial charge on any atom is -0.481 e. The predicted molar refractivity (Wildman–Crippen MR) is 37.6 cm³/mol. The fourth-order valence-electron chi connectivity index (χ4n) is 0.919. The molecule has 0 aliphatic heterocycles. The van der Waals surface area contributed by atoms with Crippen LogP contribution >= 0.6 is 0 Å². The molecule has 0 spiro atoms. The zero-order valence-electron chi connectivity index (χ0n) is 7.05. The number of oxazole rings is 1. The Labute approximate surface area is 76.4 Å². The lowest BCUT2D eigenvalue weighted by Gasteiger charge is -2.00. The zero-order chi connectivity index (χ0) is 10.9. The molecule has 0 saturated carbocycles. The summed E-state index contributed by atoms with van der Waals surface area (Å²) in [5.74, 6) is -2.16. The Hall–Kier alpha value is -1.53. The predicted octanol–water partition coefficient (Wildman–Crippen LogP) is 1.63. The number of nitrogens with zero attached hydrogens (tertiary/aromatic N) is 1. The molecule has 14 heavy (non-hydrogen) atoms. The number of hydrogen-bond acceptors (Lipinski definition) is 3. The minimum atomic E-state index is -4.61. The van der Waals surface area contributed by atoms with E-state index in [0.717, 1.165) is 6.92 Å². The highest BCUT2D eigenvalue weighted by Gasteiger charge is 2.37. The Balaban J connectivity index is 2.99. The van der Waals surface area contributed by atoms with Gasteiger partial charge in [0, 0.05) is 0 Å². The molecule has 0 aliphatic rings. The fraction of sp³-hybridized carbons (Fsp3) is 0.429. The zero-order valence-corrected chi connectivity index (χ0v) is 7.05. The average molecular weight is 209 g/mol. The lowest BCUT2D eigenvalue weighted by molar-refractivity contribution is -0.142. The summed E-state index contributed by atoms with van der Waals surface area (Å²) in [6.07, 6.45) is -5.26. The van der Waals surface area contributed by atoms with Gasteiger partial charge in [-0.1, -0.05) is 0 Å². The summed E-state index contributed by atoms with van der Waals surface area (Å²) in [6, 6.07) is 0. The first-order chi connectivity index (χ1) is 6.30. The van der Waals surface area contributed by atoms with E-state index in [4.69, 9.17) is 5.11 Å². The van der Waals surface area contributed by atoms with E-state index in [2.05, 4.69) is 9.40 Å². The lowest BCUT2D eigenvalue weighted by atomic mass is 10.3. The average Bonchev–Trinajstić information content (AvgIpc) is 2.27. The van der Waals surface area contributed by atoms with E-state index in [9.17, 15) is 18.0 Å². The van der Waals surface area contributed by atoms with Gasteiger partial charge in [0.1, 0.15) is 12.2 Å². The van der Waals surface area contributed by atoms with Gasteiger partial charge in [0.05, 0.1) is 0 Å². The molecule has 0 bridgehead atoms. The molecule has 0 radical (unpaired) electrons. The van der Waals surface area contributed by atoms with Crippen molar-refractivity contribution in [1.82, 2.24) is 4.98 Å². The van der Waals surface area contributed by atoms with E-state index in [1.54, 1.807) is 0 Å². The molecule has 1 aromatic heterocycles. The molecule has 0 aliphatic carbocycles. The van der Waals surface area contributed by atoms with Gasteiger partial charge in [-0.05, 0) is 6.92 Å². The molecule has 7 heteroatoms. The largest absolute Gasteiger partial charge is 0.481 e. The standard InChI is InChI=1S/C7H6F3NO3/c1-3-6(7(8,9)10)11-4(14-3)2-5(12)13/h2H2,1H3,(H,12,13). The third-order valence-electron chi connectivity index (χ3n) is 1.41. The minimum absolute atomic E-state index is 0.422. The van der Waals surface area contributed by atoms with Crippen LogP contribution in [0.5, 0.6) is 0 Å². The van der Waals surface area contributed by atoms with Gasteiger partial charge >= 0.3 is 12.1 Å². The van der Waals surface area contributed by atoms with E-state index in [0.29, 0.717) is 0 Å². The monoisotopic (exact) mass is 209 g/mol. The van der Waals surface area contributed by atoms with Crippen molar-refractivity contribution in [1.29, 1.82) is 0 Å². The van der Waals surface area contributed by atoms with Gasteiger partial charge in [0.2, 0.25) is 5.89 Å². The molecule has 0 aromatic carbocycles. The number of carbonyl (C=O) groups is 1. The molecule has 0 atom stereocenters. The van der Waals surface area contributed by atoms with Crippen LogP contribution in [0, 0.1) is 6.92 Å². The van der Waals surface area contributed by atoms with Crippen LogP contribution in [-0.4, -0.2) is 16.1 Å². The fourth-order valence-corrected chi connectivity index (χ4v) is 0.919.